The van der Waals surface area contributed by atoms with Crippen LogP contribution in [0.5, 0.6) is 23.0 Å². The van der Waals surface area contributed by atoms with Gasteiger partial charge in [0.2, 0.25) is 0 Å². The van der Waals surface area contributed by atoms with Crippen LogP contribution in [0.4, 0.5) is 17.1 Å². The van der Waals surface area contributed by atoms with Crippen molar-refractivity contribution in [1.82, 2.24) is 4.57 Å². The lowest BCUT2D eigenvalue weighted by Gasteiger charge is -2.28. The van der Waals surface area contributed by atoms with E-state index in [1.54, 1.807) is 0 Å². The number of benzene rings is 9. The van der Waals surface area contributed by atoms with Crippen LogP contribution in [-0.2, 0) is 5.41 Å². The zero-order valence-corrected chi connectivity index (χ0v) is 33.8. The average Bonchev–Trinajstić information content (AvgIpc) is 3.75. The Balaban J connectivity index is 0.963. The molecule has 0 atom stereocenters. The zero-order valence-electron chi connectivity index (χ0n) is 33.8. The second-order valence-corrected chi connectivity index (χ2v) is 16.6. The van der Waals surface area contributed by atoms with Crippen molar-refractivity contribution < 1.29 is 9.47 Å². The number of nitrogens with zero attached hydrogens (tertiary/aromatic N) is 2. The highest BCUT2D eigenvalue weighted by Crippen LogP contribution is 2.52. The van der Waals surface area contributed by atoms with Crippen LogP contribution in [0.2, 0.25) is 0 Å². The SMILES string of the molecule is CC1(C)c2ccccc2-c2ccc(N(c3ccc(-c4ccccc4)cc3)c3ccc(-c4ccc5c6cc7c(cc6n(-c6ccccc6)c5c4)Oc4ccccc4O7)cc3)cc21. The van der Waals surface area contributed by atoms with Crippen molar-refractivity contribution in [3.05, 3.63) is 217 Å². The van der Waals surface area contributed by atoms with E-state index in [-0.39, 0.29) is 5.41 Å². The van der Waals surface area contributed by atoms with E-state index in [1.807, 2.05) is 24.3 Å². The second-order valence-electron chi connectivity index (χ2n) is 16.6. The first-order valence-electron chi connectivity index (χ1n) is 20.9. The van der Waals surface area contributed by atoms with Crippen molar-refractivity contribution in [3.8, 4) is 62.1 Å². The molecule has 0 radical (unpaired) electrons. The third-order valence-electron chi connectivity index (χ3n) is 12.7. The summed E-state index contributed by atoms with van der Waals surface area (Å²) in [6.45, 7) is 4.69. The average molecular weight is 785 g/mol. The summed E-state index contributed by atoms with van der Waals surface area (Å²) in [7, 11) is 0. The van der Waals surface area contributed by atoms with Gasteiger partial charge in [0, 0.05) is 45.0 Å². The molecule has 1 aliphatic heterocycles. The third-order valence-corrected chi connectivity index (χ3v) is 12.7. The standard InChI is InChI=1S/C57H40N2O2/c1-57(2)49-18-10-9-17-45(49)46-32-30-44(34-50(46)57)58(42-26-21-38(22-27-42)37-13-5-3-6-14-37)43-28-23-39(24-29-43)40-25-31-47-48-35-55-56(61-54-20-12-11-19-53(54)60-55)36-52(48)59(51(47)33-40)41-15-7-4-8-16-41/h3-36H,1-2H3. The number of anilines is 3. The number of ether oxygens (including phenoxy) is 2. The molecular weight excluding hydrogens is 745 g/mol. The molecule has 0 saturated carbocycles. The maximum Gasteiger partial charge on any atom is 0.172 e. The Hall–Kier alpha value is -7.82. The number of hydrogen-bond donors (Lipinski definition) is 0. The Bertz CT molecular complexity index is 3310. The summed E-state index contributed by atoms with van der Waals surface area (Å²) < 4.78 is 15.1. The van der Waals surface area contributed by atoms with Crippen LogP contribution in [0.25, 0.3) is 60.9 Å². The molecule has 61 heavy (non-hydrogen) atoms. The van der Waals surface area contributed by atoms with Gasteiger partial charge in [-0.25, -0.2) is 0 Å². The lowest BCUT2D eigenvalue weighted by atomic mass is 9.82. The Morgan fingerprint density at radius 2 is 0.902 bits per heavy atom. The first-order chi connectivity index (χ1) is 30.0. The molecule has 290 valence electrons. The number of para-hydroxylation sites is 3. The van der Waals surface area contributed by atoms with Crippen LogP contribution >= 0.6 is 0 Å². The molecule has 4 nitrogen and oxygen atoms in total. The van der Waals surface area contributed by atoms with Crippen LogP contribution in [0.15, 0.2) is 206 Å². The highest BCUT2D eigenvalue weighted by atomic mass is 16.6. The van der Waals surface area contributed by atoms with E-state index in [1.165, 1.54) is 33.4 Å². The smallest absolute Gasteiger partial charge is 0.172 e. The van der Waals surface area contributed by atoms with Crippen molar-refractivity contribution in [2.45, 2.75) is 19.3 Å². The molecule has 0 unspecified atom stereocenters. The normalized spacial score (nSPS) is 13.1. The molecule has 12 rings (SSSR count). The quantitative estimate of drug-likeness (QED) is 0.168. The Kier molecular flexibility index (Phi) is 7.85. The molecule has 0 spiro atoms. The summed E-state index contributed by atoms with van der Waals surface area (Å²) in [6, 6.07) is 73.8. The highest BCUT2D eigenvalue weighted by Gasteiger charge is 2.35. The van der Waals surface area contributed by atoms with Gasteiger partial charge in [-0.2, -0.15) is 0 Å². The van der Waals surface area contributed by atoms with Gasteiger partial charge in [-0.3, -0.25) is 0 Å². The second kappa shape index (κ2) is 13.6. The molecule has 4 heteroatoms. The van der Waals surface area contributed by atoms with E-state index in [9.17, 15) is 0 Å². The first-order valence-corrected chi connectivity index (χ1v) is 20.9. The first kappa shape index (κ1) is 35.2. The Morgan fingerprint density at radius 3 is 1.61 bits per heavy atom. The molecule has 0 saturated heterocycles. The number of rotatable bonds is 6. The van der Waals surface area contributed by atoms with Crippen LogP contribution < -0.4 is 14.4 Å². The maximum absolute atomic E-state index is 6.39. The predicted molar refractivity (Wildman–Crippen MR) is 250 cm³/mol. The van der Waals surface area contributed by atoms with Gasteiger partial charge in [0.1, 0.15) is 0 Å². The zero-order chi connectivity index (χ0) is 40.7. The van der Waals surface area contributed by atoms with E-state index >= 15 is 0 Å². The van der Waals surface area contributed by atoms with Gasteiger partial charge in [-0.05, 0) is 117 Å². The molecule has 2 aliphatic rings. The topological polar surface area (TPSA) is 26.6 Å². The lowest BCUT2D eigenvalue weighted by molar-refractivity contribution is 0.360. The van der Waals surface area contributed by atoms with Crippen molar-refractivity contribution in [2.24, 2.45) is 0 Å². The molecule has 0 bridgehead atoms. The Labute approximate surface area is 355 Å². The Morgan fingerprint density at radius 1 is 0.377 bits per heavy atom. The number of fused-ring (bicyclic) bond motifs is 8. The molecule has 1 aliphatic carbocycles. The lowest BCUT2D eigenvalue weighted by Crippen LogP contribution is -2.16. The van der Waals surface area contributed by atoms with Crippen molar-refractivity contribution >= 4 is 38.9 Å². The molecule has 0 N–H and O–H groups in total. The van der Waals surface area contributed by atoms with Gasteiger partial charge in [0.15, 0.2) is 23.0 Å². The van der Waals surface area contributed by atoms with Crippen LogP contribution in [0, 0.1) is 0 Å². The molecule has 0 amide bonds. The minimum absolute atomic E-state index is 0.111. The van der Waals surface area contributed by atoms with Crippen LogP contribution in [0.3, 0.4) is 0 Å². The van der Waals surface area contributed by atoms with E-state index in [0.717, 1.165) is 67.2 Å². The van der Waals surface area contributed by atoms with Gasteiger partial charge >= 0.3 is 0 Å². The minimum atomic E-state index is -0.111. The summed E-state index contributed by atoms with van der Waals surface area (Å²) in [6.07, 6.45) is 0. The summed E-state index contributed by atoms with van der Waals surface area (Å²) in [5.41, 5.74) is 16.5. The summed E-state index contributed by atoms with van der Waals surface area (Å²) in [5, 5.41) is 2.26. The van der Waals surface area contributed by atoms with Gasteiger partial charge in [0.25, 0.3) is 0 Å². The summed E-state index contributed by atoms with van der Waals surface area (Å²) in [5.74, 6) is 2.86. The van der Waals surface area contributed by atoms with Gasteiger partial charge in [0.05, 0.1) is 11.0 Å². The number of hydrogen-bond acceptors (Lipinski definition) is 3. The molecule has 1 aromatic heterocycles. The van der Waals surface area contributed by atoms with Crippen molar-refractivity contribution in [2.75, 3.05) is 4.90 Å². The van der Waals surface area contributed by atoms with Gasteiger partial charge < -0.3 is 18.9 Å². The predicted octanol–water partition coefficient (Wildman–Crippen LogP) is 15.8. The highest BCUT2D eigenvalue weighted by molar-refractivity contribution is 6.11. The van der Waals surface area contributed by atoms with E-state index < -0.39 is 0 Å². The monoisotopic (exact) mass is 784 g/mol. The molecule has 2 heterocycles. The molecular formula is C57H40N2O2. The fraction of sp³-hybridized carbons (Fsp3) is 0.0526. The molecule has 9 aromatic carbocycles. The third kappa shape index (κ3) is 5.67. The van der Waals surface area contributed by atoms with Crippen LogP contribution in [0.1, 0.15) is 25.0 Å². The van der Waals surface area contributed by atoms with Gasteiger partial charge in [-0.15, -0.1) is 0 Å². The maximum atomic E-state index is 6.39. The largest absolute Gasteiger partial charge is 0.449 e. The number of aromatic nitrogens is 1. The van der Waals surface area contributed by atoms with Gasteiger partial charge in [-0.1, -0.05) is 141 Å². The van der Waals surface area contributed by atoms with E-state index in [0.29, 0.717) is 11.5 Å². The molecule has 0 fully saturated rings. The van der Waals surface area contributed by atoms with E-state index in [4.69, 9.17) is 9.47 Å². The fourth-order valence-electron chi connectivity index (χ4n) is 9.59. The fourth-order valence-corrected chi connectivity index (χ4v) is 9.59. The summed E-state index contributed by atoms with van der Waals surface area (Å²) >= 11 is 0. The van der Waals surface area contributed by atoms with Crippen LogP contribution in [-0.4, -0.2) is 4.57 Å². The molecule has 10 aromatic rings. The van der Waals surface area contributed by atoms with E-state index in [2.05, 4.69) is 205 Å². The van der Waals surface area contributed by atoms with Crippen molar-refractivity contribution in [1.29, 1.82) is 0 Å². The van der Waals surface area contributed by atoms with Crippen molar-refractivity contribution in [3.63, 3.8) is 0 Å². The minimum Gasteiger partial charge on any atom is -0.449 e. The summed E-state index contributed by atoms with van der Waals surface area (Å²) in [4.78, 5) is 2.39.